The van der Waals surface area contributed by atoms with E-state index in [2.05, 4.69) is 15.0 Å². The van der Waals surface area contributed by atoms with Gasteiger partial charge in [-0.3, -0.25) is 9.69 Å². The van der Waals surface area contributed by atoms with Crippen LogP contribution in [-0.2, 0) is 4.79 Å². The highest BCUT2D eigenvalue weighted by atomic mass is 19.1. The Labute approximate surface area is 180 Å². The number of benzene rings is 2. The number of ether oxygens (including phenoxy) is 1. The Balaban J connectivity index is 1.30. The Morgan fingerprint density at radius 3 is 2.55 bits per heavy atom. The van der Waals surface area contributed by atoms with Crippen molar-refractivity contribution in [3.63, 3.8) is 0 Å². The average Bonchev–Trinajstić information content (AvgIpc) is 3.29. The first-order chi connectivity index (χ1) is 15.0. The van der Waals surface area contributed by atoms with Gasteiger partial charge < -0.3 is 14.2 Å². The number of aryl methyl sites for hydroxylation is 1. The predicted molar refractivity (Wildman–Crippen MR) is 113 cm³/mol. The van der Waals surface area contributed by atoms with Gasteiger partial charge in [-0.1, -0.05) is 47.1 Å². The van der Waals surface area contributed by atoms with E-state index in [1.165, 1.54) is 17.7 Å². The van der Waals surface area contributed by atoms with E-state index in [0.717, 1.165) is 5.56 Å². The molecule has 0 N–H and O–H groups in total. The molecular formula is C23H25FN4O3. The molecule has 1 unspecified atom stereocenters. The third kappa shape index (κ3) is 4.91. The van der Waals surface area contributed by atoms with E-state index >= 15 is 0 Å². The van der Waals surface area contributed by atoms with E-state index in [1.807, 2.05) is 38.1 Å². The SMILES string of the molecule is Cc1ccc(-c2noc(C(C)N3CCN(C(=O)COc4ccccc4F)CC3)n2)cc1. The fourth-order valence-electron chi connectivity index (χ4n) is 3.53. The molecule has 2 heterocycles. The summed E-state index contributed by atoms with van der Waals surface area (Å²) in [7, 11) is 0. The summed E-state index contributed by atoms with van der Waals surface area (Å²) in [4.78, 5) is 20.9. The van der Waals surface area contributed by atoms with Crippen LogP contribution in [0, 0.1) is 12.7 Å². The maximum absolute atomic E-state index is 13.6. The molecule has 1 aromatic heterocycles. The fraction of sp³-hybridized carbons (Fsp3) is 0.348. The first-order valence-electron chi connectivity index (χ1n) is 10.3. The molecule has 162 valence electrons. The van der Waals surface area contributed by atoms with Gasteiger partial charge in [-0.05, 0) is 26.0 Å². The number of amides is 1. The number of para-hydroxylation sites is 1. The second-order valence-electron chi connectivity index (χ2n) is 7.63. The van der Waals surface area contributed by atoms with Crippen molar-refractivity contribution in [2.75, 3.05) is 32.8 Å². The number of hydrogen-bond acceptors (Lipinski definition) is 6. The molecule has 1 atom stereocenters. The zero-order valence-corrected chi connectivity index (χ0v) is 17.6. The van der Waals surface area contributed by atoms with Crippen LogP contribution in [0.4, 0.5) is 4.39 Å². The van der Waals surface area contributed by atoms with Gasteiger partial charge in [0.1, 0.15) is 0 Å². The van der Waals surface area contributed by atoms with Crippen molar-refractivity contribution in [3.8, 4) is 17.1 Å². The van der Waals surface area contributed by atoms with E-state index in [9.17, 15) is 9.18 Å². The fourth-order valence-corrected chi connectivity index (χ4v) is 3.53. The van der Waals surface area contributed by atoms with Crippen molar-refractivity contribution in [2.24, 2.45) is 0 Å². The first kappa shape index (κ1) is 21.0. The van der Waals surface area contributed by atoms with Gasteiger partial charge in [0, 0.05) is 31.7 Å². The lowest BCUT2D eigenvalue weighted by molar-refractivity contribution is -0.135. The summed E-state index contributed by atoms with van der Waals surface area (Å²) in [5, 5.41) is 4.11. The summed E-state index contributed by atoms with van der Waals surface area (Å²) >= 11 is 0. The molecule has 1 aliphatic heterocycles. The standard InChI is InChI=1S/C23H25FN4O3/c1-16-7-9-18(10-8-16)22-25-23(31-26-22)17(2)27-11-13-28(14-12-27)21(29)15-30-20-6-4-3-5-19(20)24/h3-10,17H,11-15H2,1-2H3. The van der Waals surface area contributed by atoms with Crippen LogP contribution in [0.1, 0.15) is 24.4 Å². The normalized spacial score (nSPS) is 15.6. The molecule has 31 heavy (non-hydrogen) atoms. The second-order valence-corrected chi connectivity index (χ2v) is 7.63. The highest BCUT2D eigenvalue weighted by molar-refractivity contribution is 5.77. The van der Waals surface area contributed by atoms with Crippen LogP contribution >= 0.6 is 0 Å². The largest absolute Gasteiger partial charge is 0.481 e. The molecule has 7 nitrogen and oxygen atoms in total. The lowest BCUT2D eigenvalue weighted by Gasteiger charge is -2.36. The Morgan fingerprint density at radius 1 is 1.13 bits per heavy atom. The second kappa shape index (κ2) is 9.26. The highest BCUT2D eigenvalue weighted by Crippen LogP contribution is 2.24. The summed E-state index contributed by atoms with van der Waals surface area (Å²) in [6.07, 6.45) is 0. The minimum Gasteiger partial charge on any atom is -0.481 e. The molecule has 0 bridgehead atoms. The van der Waals surface area contributed by atoms with Crippen LogP contribution in [0.2, 0.25) is 0 Å². The minimum atomic E-state index is -0.474. The van der Waals surface area contributed by atoms with E-state index in [0.29, 0.717) is 37.9 Å². The first-order valence-corrected chi connectivity index (χ1v) is 10.3. The predicted octanol–water partition coefficient (Wildman–Crippen LogP) is 3.47. The molecule has 1 aliphatic rings. The number of hydrogen-bond donors (Lipinski definition) is 0. The van der Waals surface area contributed by atoms with Crippen LogP contribution in [-0.4, -0.2) is 58.6 Å². The zero-order valence-electron chi connectivity index (χ0n) is 17.6. The molecule has 4 rings (SSSR count). The monoisotopic (exact) mass is 424 g/mol. The van der Waals surface area contributed by atoms with Gasteiger partial charge in [0.2, 0.25) is 11.7 Å². The number of piperazine rings is 1. The van der Waals surface area contributed by atoms with Crippen LogP contribution in [0.15, 0.2) is 53.1 Å². The van der Waals surface area contributed by atoms with Crippen molar-refractivity contribution in [2.45, 2.75) is 19.9 Å². The summed E-state index contributed by atoms with van der Waals surface area (Å²) in [6.45, 7) is 6.34. The van der Waals surface area contributed by atoms with Crippen molar-refractivity contribution >= 4 is 5.91 Å². The highest BCUT2D eigenvalue weighted by Gasteiger charge is 2.28. The topological polar surface area (TPSA) is 71.7 Å². The van der Waals surface area contributed by atoms with Gasteiger partial charge in [0.15, 0.2) is 18.2 Å². The molecule has 0 radical (unpaired) electrons. The van der Waals surface area contributed by atoms with E-state index < -0.39 is 5.82 Å². The number of rotatable bonds is 6. The van der Waals surface area contributed by atoms with Crippen LogP contribution < -0.4 is 4.74 Å². The zero-order chi connectivity index (χ0) is 21.8. The quantitative estimate of drug-likeness (QED) is 0.604. The van der Waals surface area contributed by atoms with Gasteiger partial charge in [-0.15, -0.1) is 0 Å². The molecule has 1 saturated heterocycles. The van der Waals surface area contributed by atoms with Crippen molar-refractivity contribution in [3.05, 3.63) is 65.8 Å². The Bertz CT molecular complexity index is 1030. The third-order valence-corrected chi connectivity index (χ3v) is 5.51. The van der Waals surface area contributed by atoms with Crippen molar-refractivity contribution < 1.29 is 18.4 Å². The molecule has 8 heteroatoms. The number of aromatic nitrogens is 2. The van der Waals surface area contributed by atoms with Crippen molar-refractivity contribution in [1.82, 2.24) is 19.9 Å². The molecule has 1 fully saturated rings. The summed E-state index contributed by atoms with van der Waals surface area (Å²) in [5.74, 6) is 0.580. The Kier molecular flexibility index (Phi) is 6.27. The maximum atomic E-state index is 13.6. The minimum absolute atomic E-state index is 0.0568. The smallest absolute Gasteiger partial charge is 0.260 e. The number of halogens is 1. The van der Waals surface area contributed by atoms with E-state index in [1.54, 1.807) is 17.0 Å². The van der Waals surface area contributed by atoms with Gasteiger partial charge in [0.25, 0.3) is 5.91 Å². The molecule has 0 spiro atoms. The summed E-state index contributed by atoms with van der Waals surface area (Å²) < 4.78 is 24.5. The Hall–Kier alpha value is -3.26. The van der Waals surface area contributed by atoms with Gasteiger partial charge >= 0.3 is 0 Å². The van der Waals surface area contributed by atoms with Crippen LogP contribution in [0.25, 0.3) is 11.4 Å². The van der Waals surface area contributed by atoms with Crippen LogP contribution in [0.3, 0.4) is 0 Å². The lowest BCUT2D eigenvalue weighted by Crippen LogP contribution is -2.50. The van der Waals surface area contributed by atoms with E-state index in [4.69, 9.17) is 9.26 Å². The molecule has 0 saturated carbocycles. The van der Waals surface area contributed by atoms with Gasteiger partial charge in [-0.2, -0.15) is 4.98 Å². The van der Waals surface area contributed by atoms with Crippen molar-refractivity contribution in [1.29, 1.82) is 0 Å². The summed E-state index contributed by atoms with van der Waals surface area (Å²) in [5.41, 5.74) is 2.09. The number of carbonyl (C=O) groups is 1. The maximum Gasteiger partial charge on any atom is 0.260 e. The molecule has 2 aromatic carbocycles. The molecule has 1 amide bonds. The Morgan fingerprint density at radius 2 is 1.84 bits per heavy atom. The lowest BCUT2D eigenvalue weighted by atomic mass is 10.1. The third-order valence-electron chi connectivity index (χ3n) is 5.51. The van der Waals surface area contributed by atoms with Gasteiger partial charge in [-0.25, -0.2) is 4.39 Å². The number of carbonyl (C=O) groups excluding carboxylic acids is 1. The number of nitrogens with zero attached hydrogens (tertiary/aromatic N) is 4. The molecule has 3 aromatic rings. The van der Waals surface area contributed by atoms with Crippen LogP contribution in [0.5, 0.6) is 5.75 Å². The van der Waals surface area contributed by atoms with Gasteiger partial charge in [0.05, 0.1) is 6.04 Å². The average molecular weight is 424 g/mol. The molecule has 0 aliphatic carbocycles. The van der Waals surface area contributed by atoms with E-state index in [-0.39, 0.29) is 24.3 Å². The summed E-state index contributed by atoms with van der Waals surface area (Å²) in [6, 6.07) is 14.0. The molecular weight excluding hydrogens is 399 g/mol.